The number of hydrogen-bond acceptors (Lipinski definition) is 6. The lowest BCUT2D eigenvalue weighted by atomic mass is 9.66. The van der Waals surface area contributed by atoms with Crippen LogP contribution in [0.5, 0.6) is 11.5 Å². The molecule has 3 aromatic rings. The van der Waals surface area contributed by atoms with E-state index in [0.29, 0.717) is 26.2 Å². The van der Waals surface area contributed by atoms with Crippen LogP contribution >= 0.6 is 0 Å². The van der Waals surface area contributed by atoms with Crippen molar-refractivity contribution in [3.63, 3.8) is 0 Å². The molecule has 1 aromatic heterocycles. The van der Waals surface area contributed by atoms with Crippen LogP contribution in [-0.4, -0.2) is 47.8 Å². The Labute approximate surface area is 223 Å². The number of aromatic nitrogens is 1. The number of fused-ring (bicyclic) bond motifs is 2. The lowest BCUT2D eigenvalue weighted by Gasteiger charge is -2.50. The van der Waals surface area contributed by atoms with Gasteiger partial charge >= 0.3 is 0 Å². The minimum absolute atomic E-state index is 0.291. The molecular weight excluding hydrogens is 481 g/mol. The number of nitrogens with two attached hydrogens (primary N) is 1. The van der Waals surface area contributed by atoms with Crippen molar-refractivity contribution >= 4 is 5.57 Å². The van der Waals surface area contributed by atoms with Gasteiger partial charge in [0, 0.05) is 48.9 Å². The molecule has 0 amide bonds. The summed E-state index contributed by atoms with van der Waals surface area (Å²) >= 11 is 0. The summed E-state index contributed by atoms with van der Waals surface area (Å²) in [6.07, 6.45) is 5.47. The van der Waals surface area contributed by atoms with Gasteiger partial charge in [0.1, 0.15) is 30.5 Å². The molecule has 0 radical (unpaired) electrons. The largest absolute Gasteiger partial charge is 0.492 e. The van der Waals surface area contributed by atoms with Gasteiger partial charge in [-0.05, 0) is 60.4 Å². The second kappa shape index (κ2) is 10.8. The highest BCUT2D eigenvalue weighted by molar-refractivity contribution is 5.85. The van der Waals surface area contributed by atoms with Crippen LogP contribution < -0.4 is 15.2 Å². The average Bonchev–Trinajstić information content (AvgIpc) is 3.06. The van der Waals surface area contributed by atoms with Crippen LogP contribution in [0.4, 0.5) is 4.39 Å². The first-order valence-electron chi connectivity index (χ1n) is 13.3. The van der Waals surface area contributed by atoms with Gasteiger partial charge < -0.3 is 25.2 Å². The van der Waals surface area contributed by atoms with Gasteiger partial charge in [0.2, 0.25) is 0 Å². The Hall–Kier alpha value is -3.26. The van der Waals surface area contributed by atoms with Gasteiger partial charge in [-0.2, -0.15) is 0 Å². The highest BCUT2D eigenvalue weighted by Gasteiger charge is 2.48. The zero-order valence-electron chi connectivity index (χ0n) is 22.1. The molecule has 2 aliphatic heterocycles. The van der Waals surface area contributed by atoms with Gasteiger partial charge in [-0.15, -0.1) is 0 Å². The average molecular weight is 518 g/mol. The maximum Gasteiger partial charge on any atom is 0.131 e. The van der Waals surface area contributed by atoms with Gasteiger partial charge in [-0.1, -0.05) is 38.1 Å². The van der Waals surface area contributed by atoms with Crippen molar-refractivity contribution in [3.8, 4) is 11.5 Å². The Morgan fingerprint density at radius 3 is 2.74 bits per heavy atom. The lowest BCUT2D eigenvalue weighted by Crippen LogP contribution is -2.55. The molecule has 1 saturated heterocycles. The van der Waals surface area contributed by atoms with E-state index < -0.39 is 11.0 Å². The molecule has 0 aliphatic carbocycles. The number of ether oxygens (including phenoxy) is 2. The van der Waals surface area contributed by atoms with Crippen LogP contribution in [0.1, 0.15) is 49.1 Å². The highest BCUT2D eigenvalue weighted by Crippen LogP contribution is 2.46. The van der Waals surface area contributed by atoms with Crippen LogP contribution in [-0.2, 0) is 12.2 Å². The Kier molecular flexibility index (Phi) is 7.52. The molecule has 2 aliphatic rings. The van der Waals surface area contributed by atoms with Crippen LogP contribution in [0.15, 0.2) is 66.9 Å². The fourth-order valence-corrected chi connectivity index (χ4v) is 5.69. The van der Waals surface area contributed by atoms with Crippen molar-refractivity contribution in [2.24, 2.45) is 11.1 Å². The second-order valence-corrected chi connectivity index (χ2v) is 10.8. The molecule has 7 heteroatoms. The van der Waals surface area contributed by atoms with Gasteiger partial charge in [-0.3, -0.25) is 4.98 Å². The topological polar surface area (TPSA) is 80.8 Å². The molecule has 1 atom stereocenters. The molecular formula is C31H36FN3O3. The normalized spacial score (nSPS) is 21.8. The van der Waals surface area contributed by atoms with Crippen LogP contribution in [0.2, 0.25) is 0 Å². The summed E-state index contributed by atoms with van der Waals surface area (Å²) in [6.45, 7) is 7.83. The van der Waals surface area contributed by atoms with Gasteiger partial charge in [0.15, 0.2) is 0 Å². The minimum atomic E-state index is -1.00. The van der Waals surface area contributed by atoms with Crippen molar-refractivity contribution in [1.29, 1.82) is 0 Å². The highest BCUT2D eigenvalue weighted by atomic mass is 19.1. The fraction of sp³-hybridized carbons (Fsp3) is 0.387. The Morgan fingerprint density at radius 1 is 1.16 bits per heavy atom. The molecule has 3 heterocycles. The minimum Gasteiger partial charge on any atom is -0.492 e. The molecule has 200 valence electrons. The standard InChI is InChI=1S/C31H36FN3O3/c1-30(2)21-35(17-13-31(30,36)22-7-9-23(32)10-8-22)16-4-6-25-26-5-3-15-34-28(26)20-38-29-12-11-24(19-27(25)29)37-18-14-33/h3,5-12,15,19,36H,4,13-14,16-18,20-21,33H2,1-2H3/b25-6+/t31-/m0/s1. The molecule has 38 heavy (non-hydrogen) atoms. The van der Waals surface area contributed by atoms with E-state index >= 15 is 0 Å². The van der Waals surface area contributed by atoms with Gasteiger partial charge in [0.05, 0.1) is 11.3 Å². The van der Waals surface area contributed by atoms with Crippen molar-refractivity contribution in [1.82, 2.24) is 9.88 Å². The number of hydrogen-bond donors (Lipinski definition) is 2. The van der Waals surface area contributed by atoms with Crippen LogP contribution in [0, 0.1) is 11.2 Å². The van der Waals surface area contributed by atoms with E-state index in [2.05, 4.69) is 35.9 Å². The lowest BCUT2D eigenvalue weighted by molar-refractivity contribution is -0.125. The summed E-state index contributed by atoms with van der Waals surface area (Å²) < 4.78 is 25.4. The summed E-state index contributed by atoms with van der Waals surface area (Å²) in [4.78, 5) is 6.97. The Morgan fingerprint density at radius 2 is 1.97 bits per heavy atom. The number of piperidine rings is 1. The van der Waals surface area contributed by atoms with E-state index in [1.54, 1.807) is 18.3 Å². The third-order valence-electron chi connectivity index (χ3n) is 7.82. The summed E-state index contributed by atoms with van der Waals surface area (Å²) in [6, 6.07) is 16.2. The van der Waals surface area contributed by atoms with Crippen molar-refractivity contribution in [2.45, 2.75) is 38.9 Å². The van der Waals surface area contributed by atoms with Gasteiger partial charge in [-0.25, -0.2) is 4.39 Å². The number of pyridine rings is 1. The third kappa shape index (κ3) is 5.19. The number of halogens is 1. The smallest absolute Gasteiger partial charge is 0.131 e. The molecule has 0 unspecified atom stereocenters. The van der Waals surface area contributed by atoms with Crippen molar-refractivity contribution in [3.05, 3.63) is 95.1 Å². The maximum absolute atomic E-state index is 13.5. The number of nitrogens with zero attached hydrogens (tertiary/aromatic N) is 2. The van der Waals surface area contributed by atoms with E-state index in [4.69, 9.17) is 15.2 Å². The summed E-state index contributed by atoms with van der Waals surface area (Å²) in [7, 11) is 0. The molecule has 3 N–H and O–H groups in total. The molecule has 2 aromatic carbocycles. The van der Waals surface area contributed by atoms with Crippen molar-refractivity contribution in [2.75, 3.05) is 32.8 Å². The van der Waals surface area contributed by atoms with E-state index in [9.17, 15) is 9.50 Å². The van der Waals surface area contributed by atoms with E-state index in [-0.39, 0.29) is 5.82 Å². The summed E-state index contributed by atoms with van der Waals surface area (Å²) in [5, 5.41) is 11.6. The summed E-state index contributed by atoms with van der Waals surface area (Å²) in [5.41, 5.74) is 9.04. The number of likely N-dealkylation sites (tertiary alicyclic amines) is 1. The fourth-order valence-electron chi connectivity index (χ4n) is 5.69. The monoisotopic (exact) mass is 517 g/mol. The molecule has 0 saturated carbocycles. The number of benzene rings is 2. The molecule has 5 rings (SSSR count). The van der Waals surface area contributed by atoms with E-state index in [1.165, 1.54) is 12.1 Å². The zero-order chi connectivity index (χ0) is 26.8. The molecule has 6 nitrogen and oxygen atoms in total. The first kappa shape index (κ1) is 26.4. The first-order valence-corrected chi connectivity index (χ1v) is 13.3. The third-order valence-corrected chi connectivity index (χ3v) is 7.82. The Balaban J connectivity index is 1.36. The predicted molar refractivity (Wildman–Crippen MR) is 146 cm³/mol. The molecule has 0 spiro atoms. The molecule has 1 fully saturated rings. The zero-order valence-corrected chi connectivity index (χ0v) is 22.1. The Bertz CT molecular complexity index is 1310. The maximum atomic E-state index is 13.5. The first-order chi connectivity index (χ1) is 18.3. The quantitative estimate of drug-likeness (QED) is 0.465. The number of aliphatic hydroxyl groups is 1. The SMILES string of the molecule is CC1(C)CN(CC/C=C2/c3cc(OCCN)ccc3OCc3ncccc32)CC[C@]1(O)c1ccc(F)cc1. The predicted octanol–water partition coefficient (Wildman–Crippen LogP) is 4.89. The van der Waals surface area contributed by atoms with Crippen LogP contribution in [0.3, 0.4) is 0 Å². The number of rotatable bonds is 7. The van der Waals surface area contributed by atoms with E-state index in [1.807, 2.05) is 24.3 Å². The summed E-state index contributed by atoms with van der Waals surface area (Å²) in [5.74, 6) is 1.27. The second-order valence-electron chi connectivity index (χ2n) is 10.8. The van der Waals surface area contributed by atoms with Crippen LogP contribution in [0.25, 0.3) is 5.57 Å². The van der Waals surface area contributed by atoms with Crippen molar-refractivity contribution < 1.29 is 19.0 Å². The van der Waals surface area contributed by atoms with E-state index in [0.717, 1.165) is 65.5 Å². The van der Waals surface area contributed by atoms with Gasteiger partial charge in [0.25, 0.3) is 0 Å². The molecule has 0 bridgehead atoms.